The van der Waals surface area contributed by atoms with Crippen molar-refractivity contribution in [1.82, 2.24) is 0 Å². The molecule has 0 aromatic rings. The molecule has 320 valence electrons. The zero-order valence-corrected chi connectivity index (χ0v) is 28.9. The summed E-state index contributed by atoms with van der Waals surface area (Å²) in [5, 5.41) is 145. The van der Waals surface area contributed by atoms with E-state index < -0.39 is 187 Å². The van der Waals surface area contributed by atoms with E-state index in [0.717, 1.165) is 0 Å². The van der Waals surface area contributed by atoms with Crippen LogP contribution in [0.3, 0.4) is 0 Å². The molecule has 0 radical (unpaired) electrons. The van der Waals surface area contributed by atoms with Crippen LogP contribution in [0.25, 0.3) is 0 Å². The second-order valence-electron chi connectivity index (χ2n) is 14.0. The van der Waals surface area contributed by atoms with Crippen LogP contribution in [-0.2, 0) is 52.1 Å². The molecule has 55 heavy (non-hydrogen) atoms. The van der Waals surface area contributed by atoms with Gasteiger partial charge >= 0.3 is 0 Å². The molecule has 6 heterocycles. The Morgan fingerprint density at radius 1 is 0.364 bits per heavy atom. The molecule has 0 aliphatic carbocycles. The third-order valence-electron chi connectivity index (χ3n) is 10.2. The molecule has 0 saturated carbocycles. The normalized spacial score (nSPS) is 54.0. The van der Waals surface area contributed by atoms with Crippen molar-refractivity contribution in [3.8, 4) is 0 Å². The zero-order valence-electron chi connectivity index (χ0n) is 28.9. The van der Waals surface area contributed by atoms with E-state index in [9.17, 15) is 71.5 Å². The lowest BCUT2D eigenvalue weighted by Crippen LogP contribution is -2.64. The minimum absolute atomic E-state index is 0.392. The molecule has 0 bridgehead atoms. The summed E-state index contributed by atoms with van der Waals surface area (Å²) in [6.07, 6.45) is -38.6. The molecule has 6 fully saturated rings. The van der Waals surface area contributed by atoms with Gasteiger partial charge in [0, 0.05) is 0 Å². The van der Waals surface area contributed by atoms with Crippen molar-refractivity contribution in [3.63, 3.8) is 0 Å². The van der Waals surface area contributed by atoms with E-state index in [0.29, 0.717) is 0 Å². The molecule has 14 N–H and O–H groups in total. The van der Waals surface area contributed by atoms with E-state index in [-0.39, 0.29) is 0 Å². The lowest BCUT2D eigenvalue weighted by atomic mass is 10.0. The van der Waals surface area contributed by atoms with Gasteiger partial charge < -0.3 is 124 Å². The first-order valence-electron chi connectivity index (χ1n) is 17.6. The summed E-state index contributed by atoms with van der Waals surface area (Å²) in [6.45, 7) is -3.00. The number of aliphatic hydroxyl groups excluding tert-OH is 14. The first-order chi connectivity index (χ1) is 26.1. The van der Waals surface area contributed by atoms with Crippen LogP contribution in [0.1, 0.15) is 0 Å². The van der Waals surface area contributed by atoms with Gasteiger partial charge in [-0.2, -0.15) is 0 Å². The maximum atomic E-state index is 11.4. The quantitative estimate of drug-likeness (QED) is 0.0921. The van der Waals surface area contributed by atoms with Crippen LogP contribution in [-0.4, -0.2) is 259 Å². The number of hydrogen-bond acceptors (Lipinski definition) is 25. The Kier molecular flexibility index (Phi) is 14.7. The molecule has 24 atom stereocenters. The average molecular weight is 811 g/mol. The molecule has 6 aliphatic heterocycles. The van der Waals surface area contributed by atoms with Gasteiger partial charge in [0.15, 0.2) is 37.7 Å². The Balaban J connectivity index is 1.09. The molecule has 0 aromatic heterocycles. The molecule has 6 rings (SSSR count). The van der Waals surface area contributed by atoms with Crippen molar-refractivity contribution >= 4 is 0 Å². The highest BCUT2D eigenvalue weighted by Crippen LogP contribution is 2.33. The monoisotopic (exact) mass is 810 g/mol. The fourth-order valence-corrected chi connectivity index (χ4v) is 6.80. The van der Waals surface area contributed by atoms with Crippen LogP contribution in [0.5, 0.6) is 0 Å². The van der Waals surface area contributed by atoms with E-state index >= 15 is 0 Å². The summed E-state index contributed by atoms with van der Waals surface area (Å²) in [7, 11) is 0. The Hall–Kier alpha value is -1.00. The van der Waals surface area contributed by atoms with Crippen LogP contribution >= 0.6 is 0 Å². The molecular weight excluding hydrogens is 760 g/mol. The number of rotatable bonds is 11. The third kappa shape index (κ3) is 9.26. The van der Waals surface area contributed by atoms with Crippen molar-refractivity contribution in [2.75, 3.05) is 39.6 Å². The lowest BCUT2D eigenvalue weighted by molar-refractivity contribution is -0.372. The Labute approximate surface area is 311 Å². The topological polar surface area (TPSA) is 385 Å². The van der Waals surface area contributed by atoms with Gasteiger partial charge in [-0.3, -0.25) is 0 Å². The minimum Gasteiger partial charge on any atom is -0.394 e. The zero-order chi connectivity index (χ0) is 39.9. The molecule has 25 heteroatoms. The summed E-state index contributed by atoms with van der Waals surface area (Å²) in [5.41, 5.74) is 0. The third-order valence-corrected chi connectivity index (χ3v) is 10.2. The fraction of sp³-hybridized carbons (Fsp3) is 1.00. The average Bonchev–Trinajstić information content (AvgIpc) is 3.44. The minimum atomic E-state index is -1.89. The summed E-state index contributed by atoms with van der Waals surface area (Å²) < 4.78 is 60.5. The highest BCUT2D eigenvalue weighted by atomic mass is 16.8. The van der Waals surface area contributed by atoms with Crippen molar-refractivity contribution < 1.29 is 124 Å². The standard InChI is InChI=1S/C30H50O25/c31-1-8-14(34)22(42)30(50-8)55-24-12(54-28-21(41)16(36)10(4-48-28)52-26-19(39)13(33)7(32)2-46-26)6-49-29(23(24)43)53-11-5-47-27(20(40)17(11)37)51-9-3-45-25(44)18(38)15(9)35/h7-44H,1-6H2/t7-,8-,9-,10-,11-,12-,13+,14-,15+,16+,17+,18-,19-,20-,21-,22+,23-,24+,25-,26+,27+,28+,29+,30-/m1/s1. The van der Waals surface area contributed by atoms with E-state index in [1.54, 1.807) is 0 Å². The summed E-state index contributed by atoms with van der Waals surface area (Å²) in [5.74, 6) is 0. The molecule has 0 unspecified atom stereocenters. The predicted octanol–water partition coefficient (Wildman–Crippen LogP) is -10.3. The predicted molar refractivity (Wildman–Crippen MR) is 163 cm³/mol. The van der Waals surface area contributed by atoms with Crippen LogP contribution in [0.4, 0.5) is 0 Å². The maximum Gasteiger partial charge on any atom is 0.187 e. The van der Waals surface area contributed by atoms with Crippen LogP contribution in [0, 0.1) is 0 Å². The van der Waals surface area contributed by atoms with Crippen molar-refractivity contribution in [2.24, 2.45) is 0 Å². The Morgan fingerprint density at radius 3 is 1.27 bits per heavy atom. The molecule has 25 nitrogen and oxygen atoms in total. The van der Waals surface area contributed by atoms with Gasteiger partial charge in [-0.15, -0.1) is 0 Å². The Morgan fingerprint density at radius 2 is 0.764 bits per heavy atom. The van der Waals surface area contributed by atoms with Gasteiger partial charge in [0.05, 0.1) is 39.6 Å². The lowest BCUT2D eigenvalue weighted by Gasteiger charge is -2.46. The van der Waals surface area contributed by atoms with E-state index in [1.807, 2.05) is 0 Å². The smallest absolute Gasteiger partial charge is 0.187 e. The fourth-order valence-electron chi connectivity index (χ4n) is 6.80. The van der Waals surface area contributed by atoms with Gasteiger partial charge in [-0.25, -0.2) is 0 Å². The highest BCUT2D eigenvalue weighted by Gasteiger charge is 2.53. The van der Waals surface area contributed by atoms with Crippen LogP contribution < -0.4 is 0 Å². The molecule has 6 saturated heterocycles. The highest BCUT2D eigenvalue weighted by molar-refractivity contribution is 4.95. The Bertz CT molecular complexity index is 1210. The largest absolute Gasteiger partial charge is 0.394 e. The van der Waals surface area contributed by atoms with Gasteiger partial charge in [-0.1, -0.05) is 0 Å². The van der Waals surface area contributed by atoms with Crippen molar-refractivity contribution in [1.29, 1.82) is 0 Å². The van der Waals surface area contributed by atoms with Gasteiger partial charge in [0.1, 0.15) is 110 Å². The van der Waals surface area contributed by atoms with Gasteiger partial charge in [-0.05, 0) is 0 Å². The van der Waals surface area contributed by atoms with Crippen LogP contribution in [0.15, 0.2) is 0 Å². The summed E-state index contributed by atoms with van der Waals surface area (Å²) in [4.78, 5) is 0. The van der Waals surface area contributed by atoms with Gasteiger partial charge in [0.2, 0.25) is 0 Å². The first kappa shape index (κ1) is 43.6. The van der Waals surface area contributed by atoms with E-state index in [2.05, 4.69) is 0 Å². The van der Waals surface area contributed by atoms with E-state index in [1.165, 1.54) is 0 Å². The molecular formula is C30H50O25. The SMILES string of the molecule is OC[C@H]1O[C@H](O[C@@H]2[C@@H](O)[C@H](O[C@@H]3CO[C@@H](O[C@@H]4CO[C@@H](O)[C@H](O)[C@H]4O)[C@H](O)[C@H]3O)OC[C@H]2O[C@@H]2OC[C@@H](O[C@@H]3OC[C@@H](O)[C@H](O)[C@H]3O)[C@H](O)[C@H]2O)[C@@H](O)[C@@H]1O. The second-order valence-corrected chi connectivity index (χ2v) is 14.0. The summed E-state index contributed by atoms with van der Waals surface area (Å²) in [6, 6.07) is 0. The molecule has 0 amide bonds. The summed E-state index contributed by atoms with van der Waals surface area (Å²) >= 11 is 0. The van der Waals surface area contributed by atoms with E-state index in [4.69, 9.17) is 52.1 Å². The maximum absolute atomic E-state index is 11.4. The van der Waals surface area contributed by atoms with Crippen molar-refractivity contribution in [3.05, 3.63) is 0 Å². The van der Waals surface area contributed by atoms with Gasteiger partial charge in [0.25, 0.3) is 0 Å². The number of aliphatic hydroxyl groups is 14. The first-order valence-corrected chi connectivity index (χ1v) is 17.6. The number of hydrogen-bond donors (Lipinski definition) is 14. The second kappa shape index (κ2) is 18.5. The molecule has 6 aliphatic rings. The van der Waals surface area contributed by atoms with Crippen molar-refractivity contribution in [2.45, 2.75) is 148 Å². The number of ether oxygens (including phenoxy) is 11. The molecule has 0 spiro atoms. The molecule has 0 aromatic carbocycles. The van der Waals surface area contributed by atoms with Crippen LogP contribution in [0.2, 0.25) is 0 Å².